The van der Waals surface area contributed by atoms with Crippen LogP contribution in [0.1, 0.15) is 11.5 Å². The van der Waals surface area contributed by atoms with Crippen molar-refractivity contribution < 1.29 is 4.52 Å². The van der Waals surface area contributed by atoms with E-state index in [1.54, 1.807) is 0 Å². The minimum atomic E-state index is 0.685. The number of halogens is 1. The Labute approximate surface area is 90.3 Å². The van der Waals surface area contributed by atoms with Gasteiger partial charge in [-0.1, -0.05) is 33.2 Å². The van der Waals surface area contributed by atoms with Crippen LogP contribution in [0.3, 0.4) is 0 Å². The van der Waals surface area contributed by atoms with E-state index in [-0.39, 0.29) is 0 Å². The average molecular weight is 253 g/mol. The van der Waals surface area contributed by atoms with Crippen molar-refractivity contribution in [1.29, 1.82) is 0 Å². The van der Waals surface area contributed by atoms with Crippen molar-refractivity contribution in [2.45, 2.75) is 12.8 Å². The highest BCUT2D eigenvalue weighted by Gasteiger charge is 2.00. The fourth-order valence-electron chi connectivity index (χ4n) is 1.25. The number of rotatable bonds is 3. The van der Waals surface area contributed by atoms with Crippen LogP contribution in [-0.4, -0.2) is 10.1 Å². The molecule has 0 spiro atoms. The fraction of sp³-hybridized carbons (Fsp3) is 0.200. The smallest absolute Gasteiger partial charge is 0.226 e. The summed E-state index contributed by atoms with van der Waals surface area (Å²) in [6.45, 7) is 0. The maximum absolute atomic E-state index is 4.91. The lowest BCUT2D eigenvalue weighted by molar-refractivity contribution is 0.377. The van der Waals surface area contributed by atoms with E-state index in [2.05, 4.69) is 38.2 Å². The molecule has 0 N–H and O–H groups in total. The predicted octanol–water partition coefficient (Wildman–Crippen LogP) is 2.62. The lowest BCUT2D eigenvalue weighted by Crippen LogP contribution is -1.90. The summed E-state index contributed by atoms with van der Waals surface area (Å²) in [5, 5.41) is 3.56. The predicted molar refractivity (Wildman–Crippen MR) is 55.8 cm³/mol. The van der Waals surface area contributed by atoms with E-state index < -0.39 is 0 Å². The van der Waals surface area contributed by atoms with Gasteiger partial charge in [-0.2, -0.15) is 4.98 Å². The summed E-state index contributed by atoms with van der Waals surface area (Å²) in [6.07, 6.45) is 3.13. The maximum atomic E-state index is 4.91. The summed E-state index contributed by atoms with van der Waals surface area (Å²) in [4.78, 5) is 3.96. The summed E-state index contributed by atoms with van der Waals surface area (Å²) in [6, 6.07) is 8.21. The molecule has 0 saturated heterocycles. The molecule has 72 valence electrons. The van der Waals surface area contributed by atoms with Crippen LogP contribution in [0.25, 0.3) is 0 Å². The van der Waals surface area contributed by atoms with Crippen molar-refractivity contribution in [3.05, 3.63) is 46.5 Å². The lowest BCUT2D eigenvalue weighted by atomic mass is 10.1. The molecule has 0 fully saturated rings. The van der Waals surface area contributed by atoms with Gasteiger partial charge >= 0.3 is 0 Å². The van der Waals surface area contributed by atoms with Crippen LogP contribution in [0, 0.1) is 0 Å². The highest BCUT2D eigenvalue weighted by Crippen LogP contribution is 2.13. The molecule has 1 aromatic carbocycles. The third-order valence-electron chi connectivity index (χ3n) is 1.92. The molecule has 2 rings (SSSR count). The fourth-order valence-corrected chi connectivity index (χ4v) is 1.70. The number of aryl methyl sites for hydroxylation is 2. The summed E-state index contributed by atoms with van der Waals surface area (Å²) >= 11 is 3.43. The maximum Gasteiger partial charge on any atom is 0.226 e. The molecular formula is C10H9BrN2O. The van der Waals surface area contributed by atoms with E-state index in [1.807, 2.05) is 12.1 Å². The molecule has 0 atom stereocenters. The standard InChI is InChI=1S/C10H9BrN2O/c11-9-3-1-2-8(6-9)4-5-10-12-7-13-14-10/h1-3,6-7H,4-5H2. The molecule has 14 heavy (non-hydrogen) atoms. The van der Waals surface area contributed by atoms with E-state index in [9.17, 15) is 0 Å². The van der Waals surface area contributed by atoms with Crippen molar-refractivity contribution in [3.8, 4) is 0 Å². The Kier molecular flexibility index (Phi) is 2.93. The molecule has 0 aliphatic heterocycles. The van der Waals surface area contributed by atoms with Gasteiger partial charge in [-0.15, -0.1) is 0 Å². The summed E-state index contributed by atoms with van der Waals surface area (Å²) in [7, 11) is 0. The van der Waals surface area contributed by atoms with Gasteiger partial charge in [0.1, 0.15) is 0 Å². The zero-order valence-corrected chi connectivity index (χ0v) is 9.07. The molecule has 0 amide bonds. The number of nitrogens with zero attached hydrogens (tertiary/aromatic N) is 2. The molecular weight excluding hydrogens is 244 g/mol. The first kappa shape index (κ1) is 9.40. The van der Waals surface area contributed by atoms with Crippen LogP contribution in [0.15, 0.2) is 39.6 Å². The van der Waals surface area contributed by atoms with Crippen LogP contribution in [0.2, 0.25) is 0 Å². The van der Waals surface area contributed by atoms with Crippen LogP contribution in [0.5, 0.6) is 0 Å². The third-order valence-corrected chi connectivity index (χ3v) is 2.42. The number of benzene rings is 1. The zero-order valence-electron chi connectivity index (χ0n) is 7.48. The summed E-state index contributed by atoms with van der Waals surface area (Å²) in [5.74, 6) is 0.685. The second kappa shape index (κ2) is 4.37. The minimum Gasteiger partial charge on any atom is -0.340 e. The van der Waals surface area contributed by atoms with E-state index in [4.69, 9.17) is 4.52 Å². The van der Waals surface area contributed by atoms with Gasteiger partial charge < -0.3 is 4.52 Å². The molecule has 3 nitrogen and oxygen atoms in total. The number of hydrogen-bond donors (Lipinski definition) is 0. The van der Waals surface area contributed by atoms with Crippen molar-refractivity contribution in [2.24, 2.45) is 0 Å². The van der Waals surface area contributed by atoms with Crippen molar-refractivity contribution in [2.75, 3.05) is 0 Å². The highest BCUT2D eigenvalue weighted by molar-refractivity contribution is 9.10. The second-order valence-corrected chi connectivity index (χ2v) is 3.88. The molecule has 0 bridgehead atoms. The van der Waals surface area contributed by atoms with Gasteiger partial charge in [0.25, 0.3) is 0 Å². The number of hydrogen-bond acceptors (Lipinski definition) is 3. The molecule has 1 heterocycles. The zero-order chi connectivity index (χ0) is 9.80. The Bertz CT molecular complexity index is 400. The second-order valence-electron chi connectivity index (χ2n) is 2.96. The normalized spacial score (nSPS) is 10.4. The molecule has 0 unspecified atom stereocenters. The molecule has 2 aromatic rings. The quantitative estimate of drug-likeness (QED) is 0.843. The molecule has 0 aliphatic carbocycles. The third kappa shape index (κ3) is 2.42. The lowest BCUT2D eigenvalue weighted by Gasteiger charge is -1.98. The highest BCUT2D eigenvalue weighted by atomic mass is 79.9. The summed E-state index contributed by atoms with van der Waals surface area (Å²) < 4.78 is 6.01. The molecule has 0 aliphatic rings. The van der Waals surface area contributed by atoms with Gasteiger partial charge in [0.05, 0.1) is 0 Å². The molecule has 0 saturated carbocycles. The molecule has 4 heteroatoms. The van der Waals surface area contributed by atoms with Gasteiger partial charge in [0.15, 0.2) is 6.33 Å². The first-order chi connectivity index (χ1) is 6.84. The Morgan fingerprint density at radius 2 is 2.21 bits per heavy atom. The Morgan fingerprint density at radius 3 is 2.93 bits per heavy atom. The molecule has 1 aromatic heterocycles. The van der Waals surface area contributed by atoms with E-state index in [0.29, 0.717) is 5.89 Å². The van der Waals surface area contributed by atoms with E-state index in [0.717, 1.165) is 17.3 Å². The van der Waals surface area contributed by atoms with Crippen molar-refractivity contribution >= 4 is 15.9 Å². The van der Waals surface area contributed by atoms with Crippen LogP contribution in [0.4, 0.5) is 0 Å². The van der Waals surface area contributed by atoms with E-state index in [1.165, 1.54) is 11.9 Å². The Balaban J connectivity index is 1.98. The largest absolute Gasteiger partial charge is 0.340 e. The van der Waals surface area contributed by atoms with Gasteiger partial charge in [-0.05, 0) is 24.1 Å². The first-order valence-electron chi connectivity index (χ1n) is 4.34. The van der Waals surface area contributed by atoms with Crippen LogP contribution >= 0.6 is 15.9 Å². The van der Waals surface area contributed by atoms with Gasteiger partial charge in [-0.25, -0.2) is 0 Å². The van der Waals surface area contributed by atoms with Gasteiger partial charge in [0.2, 0.25) is 5.89 Å². The Hall–Kier alpha value is -1.16. The van der Waals surface area contributed by atoms with Crippen molar-refractivity contribution in [3.63, 3.8) is 0 Å². The summed E-state index contributed by atoms with van der Waals surface area (Å²) in [5.41, 5.74) is 1.26. The Morgan fingerprint density at radius 1 is 1.29 bits per heavy atom. The van der Waals surface area contributed by atoms with Crippen molar-refractivity contribution in [1.82, 2.24) is 10.1 Å². The van der Waals surface area contributed by atoms with Gasteiger partial charge in [-0.3, -0.25) is 0 Å². The van der Waals surface area contributed by atoms with Crippen LogP contribution < -0.4 is 0 Å². The SMILES string of the molecule is Brc1cccc(CCc2ncno2)c1. The van der Waals surface area contributed by atoms with Gasteiger partial charge in [0, 0.05) is 10.9 Å². The monoisotopic (exact) mass is 252 g/mol. The first-order valence-corrected chi connectivity index (χ1v) is 5.14. The minimum absolute atomic E-state index is 0.685. The number of aromatic nitrogens is 2. The van der Waals surface area contributed by atoms with Crippen LogP contribution in [-0.2, 0) is 12.8 Å². The molecule has 0 radical (unpaired) electrons. The average Bonchev–Trinajstić information content (AvgIpc) is 2.67. The van der Waals surface area contributed by atoms with E-state index >= 15 is 0 Å². The topological polar surface area (TPSA) is 38.9 Å².